The van der Waals surface area contributed by atoms with E-state index in [4.69, 9.17) is 5.73 Å². The summed E-state index contributed by atoms with van der Waals surface area (Å²) in [6.07, 6.45) is 7.86. The van der Waals surface area contributed by atoms with Crippen LogP contribution in [0.3, 0.4) is 0 Å². The van der Waals surface area contributed by atoms with Gasteiger partial charge in [-0.3, -0.25) is 0 Å². The Balaban J connectivity index is 2.26. The first-order valence-corrected chi connectivity index (χ1v) is 5.99. The third kappa shape index (κ3) is 5.89. The molecule has 96 valence electrons. The largest absolute Gasteiger partial charge is 0.445 e. The quantitative estimate of drug-likeness (QED) is 0.781. The molecule has 1 unspecified atom stereocenters. The van der Waals surface area contributed by atoms with Crippen molar-refractivity contribution < 1.29 is 9.53 Å². The number of hydrogen-bond donors (Lipinski definition) is 1. The van der Waals surface area contributed by atoms with Gasteiger partial charge in [0.05, 0.1) is 0 Å². The van der Waals surface area contributed by atoms with Crippen molar-refractivity contribution in [2.24, 2.45) is 5.73 Å². The van der Waals surface area contributed by atoms with Gasteiger partial charge in [0.25, 0.3) is 0 Å². The fraction of sp³-hybridized carbons (Fsp3) is 0.267. The van der Waals surface area contributed by atoms with E-state index in [0.29, 0.717) is 5.92 Å². The molecule has 3 nitrogen and oxygen atoms in total. The molecule has 0 aromatic heterocycles. The number of ether oxygens (including phenoxy) is 1. The van der Waals surface area contributed by atoms with E-state index in [1.165, 1.54) is 5.56 Å². The highest BCUT2D eigenvalue weighted by atomic mass is 16.5. The Kier molecular flexibility index (Phi) is 6.33. The first kappa shape index (κ1) is 14.0. The van der Waals surface area contributed by atoms with E-state index < -0.39 is 6.09 Å². The summed E-state index contributed by atoms with van der Waals surface area (Å²) in [5.74, 6) is 0.498. The van der Waals surface area contributed by atoms with Gasteiger partial charge >= 0.3 is 6.09 Å². The number of benzene rings is 1. The van der Waals surface area contributed by atoms with Gasteiger partial charge in [0.2, 0.25) is 0 Å². The molecule has 0 heterocycles. The molecular formula is C15H19NO2. The van der Waals surface area contributed by atoms with Crippen molar-refractivity contribution in [3.63, 3.8) is 0 Å². The van der Waals surface area contributed by atoms with Gasteiger partial charge in [0.15, 0.2) is 0 Å². The van der Waals surface area contributed by atoms with Crippen LogP contribution >= 0.6 is 0 Å². The molecule has 1 amide bonds. The van der Waals surface area contributed by atoms with Crippen LogP contribution in [0, 0.1) is 0 Å². The smallest absolute Gasteiger partial charge is 0.404 e. The molecule has 1 rings (SSSR count). The zero-order valence-electron chi connectivity index (χ0n) is 10.6. The Morgan fingerprint density at radius 2 is 1.94 bits per heavy atom. The van der Waals surface area contributed by atoms with Crippen LogP contribution in [-0.4, -0.2) is 12.7 Å². The maximum absolute atomic E-state index is 10.3. The van der Waals surface area contributed by atoms with Gasteiger partial charge in [-0.1, -0.05) is 55.5 Å². The molecule has 0 radical (unpaired) electrons. The summed E-state index contributed by atoms with van der Waals surface area (Å²) >= 11 is 0. The molecule has 3 heteroatoms. The van der Waals surface area contributed by atoms with E-state index in [1.54, 1.807) is 6.08 Å². The van der Waals surface area contributed by atoms with Crippen LogP contribution in [0.4, 0.5) is 4.79 Å². The highest BCUT2D eigenvalue weighted by molar-refractivity contribution is 5.64. The maximum atomic E-state index is 10.3. The predicted molar refractivity (Wildman–Crippen MR) is 73.3 cm³/mol. The molecule has 0 aliphatic rings. The highest BCUT2D eigenvalue weighted by Gasteiger charge is 2.00. The Bertz CT molecular complexity index is 410. The predicted octanol–water partition coefficient (Wildman–Crippen LogP) is 3.39. The SMILES string of the molecule is CC(CC=CC=CCOC(N)=O)c1ccccc1. The van der Waals surface area contributed by atoms with Crippen LogP contribution in [0.2, 0.25) is 0 Å². The molecule has 1 aromatic rings. The minimum atomic E-state index is -0.749. The van der Waals surface area contributed by atoms with Gasteiger partial charge in [-0.25, -0.2) is 4.79 Å². The Labute approximate surface area is 108 Å². The van der Waals surface area contributed by atoms with Gasteiger partial charge in [-0.15, -0.1) is 0 Å². The minimum absolute atomic E-state index is 0.216. The second kappa shape index (κ2) is 8.12. The molecule has 0 saturated heterocycles. The number of amides is 1. The number of nitrogens with two attached hydrogens (primary N) is 1. The van der Waals surface area contributed by atoms with Gasteiger partial charge in [-0.2, -0.15) is 0 Å². The van der Waals surface area contributed by atoms with Crippen LogP contribution in [0.1, 0.15) is 24.8 Å². The van der Waals surface area contributed by atoms with Crippen molar-refractivity contribution >= 4 is 6.09 Å². The zero-order chi connectivity index (χ0) is 13.2. The van der Waals surface area contributed by atoms with Gasteiger partial charge in [-0.05, 0) is 24.0 Å². The van der Waals surface area contributed by atoms with Crippen molar-refractivity contribution in [1.82, 2.24) is 0 Å². The van der Waals surface area contributed by atoms with Crippen LogP contribution in [0.5, 0.6) is 0 Å². The molecular weight excluding hydrogens is 226 g/mol. The summed E-state index contributed by atoms with van der Waals surface area (Å²) in [6.45, 7) is 2.41. The number of hydrogen-bond acceptors (Lipinski definition) is 2. The first-order valence-electron chi connectivity index (χ1n) is 5.99. The van der Waals surface area contributed by atoms with E-state index in [9.17, 15) is 4.79 Å². The summed E-state index contributed by atoms with van der Waals surface area (Å²) < 4.78 is 4.56. The molecule has 1 aromatic carbocycles. The van der Waals surface area contributed by atoms with Crippen LogP contribution < -0.4 is 5.73 Å². The lowest BCUT2D eigenvalue weighted by molar-refractivity contribution is 0.169. The second-order valence-corrected chi connectivity index (χ2v) is 4.03. The lowest BCUT2D eigenvalue weighted by atomic mass is 9.98. The Morgan fingerprint density at radius 1 is 1.28 bits per heavy atom. The number of carbonyl (C=O) groups is 1. The van der Waals surface area contributed by atoms with Gasteiger partial charge in [0.1, 0.15) is 6.61 Å². The molecule has 2 N–H and O–H groups in total. The Hall–Kier alpha value is -2.03. The Morgan fingerprint density at radius 3 is 2.61 bits per heavy atom. The van der Waals surface area contributed by atoms with Crippen molar-refractivity contribution in [2.45, 2.75) is 19.3 Å². The topological polar surface area (TPSA) is 52.3 Å². The number of rotatable bonds is 6. The molecule has 1 atom stereocenters. The van der Waals surface area contributed by atoms with E-state index in [-0.39, 0.29) is 6.61 Å². The summed E-state index contributed by atoms with van der Waals surface area (Å²) in [7, 11) is 0. The summed E-state index contributed by atoms with van der Waals surface area (Å²) in [5, 5.41) is 0. The van der Waals surface area contributed by atoms with E-state index in [0.717, 1.165) is 6.42 Å². The van der Waals surface area contributed by atoms with Crippen LogP contribution in [-0.2, 0) is 4.74 Å². The molecule has 0 spiro atoms. The lowest BCUT2D eigenvalue weighted by Crippen LogP contribution is -2.12. The summed E-state index contributed by atoms with van der Waals surface area (Å²) in [5.41, 5.74) is 6.16. The monoisotopic (exact) mass is 245 g/mol. The summed E-state index contributed by atoms with van der Waals surface area (Å²) in [4.78, 5) is 10.3. The number of primary amides is 1. The zero-order valence-corrected chi connectivity index (χ0v) is 10.6. The van der Waals surface area contributed by atoms with Crippen molar-refractivity contribution in [3.05, 3.63) is 60.2 Å². The minimum Gasteiger partial charge on any atom is -0.445 e. The number of allylic oxidation sites excluding steroid dienone is 3. The molecule has 0 aliphatic heterocycles. The molecule has 18 heavy (non-hydrogen) atoms. The van der Waals surface area contributed by atoms with Crippen LogP contribution in [0.15, 0.2) is 54.6 Å². The van der Waals surface area contributed by atoms with Gasteiger partial charge in [0, 0.05) is 0 Å². The van der Waals surface area contributed by atoms with E-state index in [1.807, 2.05) is 18.2 Å². The molecule has 0 fully saturated rings. The standard InChI is InChI=1S/C15H19NO2/c1-13(14-10-6-4-7-11-14)9-5-2-3-8-12-18-15(16)17/h2-8,10-11,13H,9,12H2,1H3,(H2,16,17). The molecule has 0 aliphatic carbocycles. The van der Waals surface area contributed by atoms with Crippen molar-refractivity contribution in [2.75, 3.05) is 6.61 Å². The fourth-order valence-electron chi connectivity index (χ4n) is 1.54. The molecule has 0 saturated carbocycles. The van der Waals surface area contributed by atoms with Crippen molar-refractivity contribution in [3.8, 4) is 0 Å². The van der Waals surface area contributed by atoms with Crippen molar-refractivity contribution in [1.29, 1.82) is 0 Å². The fourth-order valence-corrected chi connectivity index (χ4v) is 1.54. The van der Waals surface area contributed by atoms with Crippen LogP contribution in [0.25, 0.3) is 0 Å². The normalized spacial score (nSPS) is 12.9. The average molecular weight is 245 g/mol. The van der Waals surface area contributed by atoms with Gasteiger partial charge < -0.3 is 10.5 Å². The van der Waals surface area contributed by atoms with E-state index in [2.05, 4.69) is 42.0 Å². The third-order valence-corrected chi connectivity index (χ3v) is 2.56. The average Bonchev–Trinajstić information content (AvgIpc) is 2.38. The van der Waals surface area contributed by atoms with E-state index >= 15 is 0 Å². The lowest BCUT2D eigenvalue weighted by Gasteiger charge is -2.07. The highest BCUT2D eigenvalue weighted by Crippen LogP contribution is 2.18. The third-order valence-electron chi connectivity index (χ3n) is 2.56. The maximum Gasteiger partial charge on any atom is 0.404 e. The molecule has 0 bridgehead atoms. The summed E-state index contributed by atoms with van der Waals surface area (Å²) in [6, 6.07) is 10.4. The number of carbonyl (C=O) groups excluding carboxylic acids is 1. The second-order valence-electron chi connectivity index (χ2n) is 4.03. The first-order chi connectivity index (χ1) is 8.70.